The Morgan fingerprint density at radius 3 is 1.74 bits per heavy atom. The molecule has 0 aromatic heterocycles. The first-order valence-corrected chi connectivity index (χ1v) is 17.8. The molecule has 4 fully saturated rings. The molecule has 4 saturated heterocycles. The normalized spacial score (nSPS) is 32.8. The van der Waals surface area contributed by atoms with Crippen LogP contribution in [0.4, 0.5) is 0 Å². The number of esters is 3. The lowest BCUT2D eigenvalue weighted by molar-refractivity contribution is -0.314. The van der Waals surface area contributed by atoms with Crippen molar-refractivity contribution in [1.29, 1.82) is 0 Å². The van der Waals surface area contributed by atoms with Gasteiger partial charge < -0.3 is 47.4 Å². The third-order valence-corrected chi connectivity index (χ3v) is 9.59. The smallest absolute Gasteiger partial charge is 0.338 e. The summed E-state index contributed by atoms with van der Waals surface area (Å²) in [6.45, 7) is 8.80. The van der Waals surface area contributed by atoms with E-state index in [9.17, 15) is 14.4 Å². The highest BCUT2D eigenvalue weighted by Crippen LogP contribution is 2.44. The standard InChI is InChI=1S/C40H44O13/c1-23-29(47-35(42)25-17-11-7-12-18-25)27(21-44-34(41)24-15-9-6-10-16-24)46-37(30(23)48-36(43)26-19-13-8-14-20-26)50-32-31(28-22-45-39(2,3)51-28)49-38-33(32)52-40(4,5)53-38/h6-20,23,27-33,37-38H,21-22H2,1-5H3/t23-,27?,28?,29+,30?,31-,32-,33?,37-,38-/m0/s1. The van der Waals surface area contributed by atoms with Crippen LogP contribution in [0.1, 0.15) is 65.7 Å². The fourth-order valence-electron chi connectivity index (χ4n) is 7.03. The lowest BCUT2D eigenvalue weighted by atomic mass is 9.90. The van der Waals surface area contributed by atoms with Gasteiger partial charge in [0, 0.05) is 5.92 Å². The monoisotopic (exact) mass is 732 g/mol. The summed E-state index contributed by atoms with van der Waals surface area (Å²) in [5, 5.41) is 0. The molecule has 0 spiro atoms. The lowest BCUT2D eigenvalue weighted by Gasteiger charge is -2.45. The molecule has 53 heavy (non-hydrogen) atoms. The van der Waals surface area contributed by atoms with Crippen molar-refractivity contribution in [3.05, 3.63) is 108 Å². The van der Waals surface area contributed by atoms with E-state index in [0.717, 1.165) is 0 Å². The van der Waals surface area contributed by atoms with E-state index in [4.69, 9.17) is 47.4 Å². The highest BCUT2D eigenvalue weighted by molar-refractivity contribution is 5.90. The van der Waals surface area contributed by atoms with Crippen molar-refractivity contribution in [3.63, 3.8) is 0 Å². The number of hydrogen-bond acceptors (Lipinski definition) is 13. The fraction of sp³-hybridized carbons (Fsp3) is 0.475. The summed E-state index contributed by atoms with van der Waals surface area (Å²) in [7, 11) is 0. The lowest BCUT2D eigenvalue weighted by Crippen LogP contribution is -2.60. The van der Waals surface area contributed by atoms with Gasteiger partial charge in [-0.05, 0) is 64.1 Å². The maximum atomic E-state index is 13.6. The summed E-state index contributed by atoms with van der Waals surface area (Å²) in [4.78, 5) is 40.3. The van der Waals surface area contributed by atoms with Gasteiger partial charge in [0.05, 0.1) is 23.3 Å². The Kier molecular flexibility index (Phi) is 10.7. The van der Waals surface area contributed by atoms with Gasteiger partial charge in [-0.3, -0.25) is 0 Å². The van der Waals surface area contributed by atoms with Gasteiger partial charge in [0.25, 0.3) is 0 Å². The van der Waals surface area contributed by atoms with Crippen molar-refractivity contribution >= 4 is 17.9 Å². The van der Waals surface area contributed by atoms with Gasteiger partial charge >= 0.3 is 17.9 Å². The summed E-state index contributed by atoms with van der Waals surface area (Å²) >= 11 is 0. The van der Waals surface area contributed by atoms with Crippen molar-refractivity contribution in [2.75, 3.05) is 13.2 Å². The second-order valence-electron chi connectivity index (χ2n) is 14.4. The molecule has 4 heterocycles. The number of benzene rings is 3. The minimum atomic E-state index is -1.29. The average molecular weight is 733 g/mol. The molecule has 10 atom stereocenters. The highest BCUT2D eigenvalue weighted by Gasteiger charge is 2.61. The molecule has 4 aliphatic rings. The molecule has 13 nitrogen and oxygen atoms in total. The van der Waals surface area contributed by atoms with Crippen LogP contribution in [0.2, 0.25) is 0 Å². The maximum absolute atomic E-state index is 13.6. The Morgan fingerprint density at radius 2 is 1.19 bits per heavy atom. The molecular formula is C40H44O13. The van der Waals surface area contributed by atoms with Crippen LogP contribution in [0.25, 0.3) is 0 Å². The molecule has 282 valence electrons. The Balaban J connectivity index is 1.21. The molecule has 13 heteroatoms. The van der Waals surface area contributed by atoms with Crippen LogP contribution in [0.15, 0.2) is 91.0 Å². The predicted molar refractivity (Wildman–Crippen MR) is 184 cm³/mol. The van der Waals surface area contributed by atoms with Crippen molar-refractivity contribution in [1.82, 2.24) is 0 Å². The molecule has 0 saturated carbocycles. The Labute approximate surface area is 307 Å². The van der Waals surface area contributed by atoms with Crippen molar-refractivity contribution in [2.24, 2.45) is 5.92 Å². The third-order valence-electron chi connectivity index (χ3n) is 9.59. The van der Waals surface area contributed by atoms with Gasteiger partial charge in [-0.2, -0.15) is 0 Å². The van der Waals surface area contributed by atoms with Crippen LogP contribution in [-0.2, 0) is 47.4 Å². The molecule has 0 bridgehead atoms. The summed E-state index contributed by atoms with van der Waals surface area (Å²) < 4.78 is 62.1. The van der Waals surface area contributed by atoms with E-state index < -0.39 is 90.7 Å². The van der Waals surface area contributed by atoms with E-state index in [1.54, 1.807) is 126 Å². The zero-order valence-corrected chi connectivity index (χ0v) is 30.2. The number of carbonyl (C=O) groups is 3. The van der Waals surface area contributed by atoms with Crippen LogP contribution in [0, 0.1) is 5.92 Å². The Bertz CT molecular complexity index is 1730. The van der Waals surface area contributed by atoms with E-state index >= 15 is 0 Å². The maximum Gasteiger partial charge on any atom is 0.338 e. The van der Waals surface area contributed by atoms with Crippen LogP contribution >= 0.6 is 0 Å². The number of ether oxygens (including phenoxy) is 10. The van der Waals surface area contributed by atoms with Gasteiger partial charge in [0.2, 0.25) is 0 Å². The van der Waals surface area contributed by atoms with Crippen LogP contribution in [0.3, 0.4) is 0 Å². The molecule has 0 radical (unpaired) electrons. The van der Waals surface area contributed by atoms with Gasteiger partial charge in [-0.1, -0.05) is 61.5 Å². The first kappa shape index (κ1) is 37.1. The summed E-state index contributed by atoms with van der Waals surface area (Å²) in [6, 6.07) is 25.4. The SMILES string of the molecule is C[C@@H]1C(OC(=O)c2ccccc2)[C@H](O[C@@H]2C3OC(C)(C)O[C@@H]3O[C@H]2C2COC(C)(C)O2)OC(COC(=O)c2ccccc2)[C@@H]1OC(=O)c1ccccc1. The topological polar surface area (TPSA) is 144 Å². The second-order valence-corrected chi connectivity index (χ2v) is 14.4. The quantitative estimate of drug-likeness (QED) is 0.202. The van der Waals surface area contributed by atoms with Crippen molar-refractivity contribution < 1.29 is 61.8 Å². The van der Waals surface area contributed by atoms with Gasteiger partial charge in [0.15, 0.2) is 30.3 Å². The van der Waals surface area contributed by atoms with Gasteiger partial charge in [0.1, 0.15) is 43.2 Å². The fourth-order valence-corrected chi connectivity index (χ4v) is 7.03. The number of rotatable bonds is 10. The van der Waals surface area contributed by atoms with Crippen LogP contribution < -0.4 is 0 Å². The van der Waals surface area contributed by atoms with Crippen molar-refractivity contribution in [2.45, 2.75) is 102 Å². The Hall–Kier alpha value is -4.21. The molecule has 4 unspecified atom stereocenters. The largest absolute Gasteiger partial charge is 0.459 e. The first-order valence-electron chi connectivity index (χ1n) is 17.8. The molecule has 4 aliphatic heterocycles. The number of carbonyl (C=O) groups excluding carboxylic acids is 3. The summed E-state index contributed by atoms with van der Waals surface area (Å²) in [5.74, 6) is -4.48. The molecular weight excluding hydrogens is 688 g/mol. The highest BCUT2D eigenvalue weighted by atomic mass is 16.9. The van der Waals surface area contributed by atoms with E-state index in [-0.39, 0.29) is 13.2 Å². The van der Waals surface area contributed by atoms with E-state index in [2.05, 4.69) is 0 Å². The summed E-state index contributed by atoms with van der Waals surface area (Å²) in [5.41, 5.74) is 0.928. The van der Waals surface area contributed by atoms with Gasteiger partial charge in [-0.25, -0.2) is 14.4 Å². The second kappa shape index (κ2) is 15.3. The minimum Gasteiger partial charge on any atom is -0.459 e. The first-order chi connectivity index (χ1) is 25.4. The van der Waals surface area contributed by atoms with Crippen LogP contribution in [0.5, 0.6) is 0 Å². The average Bonchev–Trinajstić information content (AvgIpc) is 3.78. The van der Waals surface area contributed by atoms with E-state index in [1.807, 2.05) is 0 Å². The zero-order chi connectivity index (χ0) is 37.3. The molecule has 7 rings (SSSR count). The zero-order valence-electron chi connectivity index (χ0n) is 30.2. The van der Waals surface area contributed by atoms with E-state index in [0.29, 0.717) is 16.7 Å². The van der Waals surface area contributed by atoms with Crippen molar-refractivity contribution in [3.8, 4) is 0 Å². The number of fused-ring (bicyclic) bond motifs is 1. The molecule has 3 aromatic rings. The minimum absolute atomic E-state index is 0.213. The number of hydrogen-bond donors (Lipinski definition) is 0. The molecule has 3 aromatic carbocycles. The summed E-state index contributed by atoms with van der Waals surface area (Å²) in [6.07, 6.45) is -8.24. The molecule has 0 aliphatic carbocycles. The Morgan fingerprint density at radius 1 is 0.642 bits per heavy atom. The van der Waals surface area contributed by atoms with E-state index in [1.165, 1.54) is 0 Å². The van der Waals surface area contributed by atoms with Gasteiger partial charge in [-0.15, -0.1) is 0 Å². The predicted octanol–water partition coefficient (Wildman–Crippen LogP) is 5.07. The molecule has 0 amide bonds. The third kappa shape index (κ3) is 8.31. The molecule has 0 N–H and O–H groups in total. The van der Waals surface area contributed by atoms with Crippen LogP contribution in [-0.4, -0.2) is 98.0 Å².